The summed E-state index contributed by atoms with van der Waals surface area (Å²) in [6, 6.07) is 23.9. The molecule has 3 N–H and O–H groups in total. The number of hydrogen-bond acceptors (Lipinski definition) is 14. The van der Waals surface area contributed by atoms with Gasteiger partial charge in [0.05, 0.1) is 35.6 Å². The van der Waals surface area contributed by atoms with E-state index in [0.717, 1.165) is 6.92 Å². The quantitative estimate of drug-likeness (QED) is 0.131. The third-order valence-corrected chi connectivity index (χ3v) is 13.7. The van der Waals surface area contributed by atoms with Crippen LogP contribution >= 0.6 is 0 Å². The molecule has 2 saturated carbocycles. The fourth-order valence-electron chi connectivity index (χ4n) is 10.4. The summed E-state index contributed by atoms with van der Waals surface area (Å²) >= 11 is 0. The maximum absolute atomic E-state index is 15.6. The van der Waals surface area contributed by atoms with Gasteiger partial charge in [0.15, 0.2) is 23.6 Å². The monoisotopic (exact) mass is 883 g/mol. The van der Waals surface area contributed by atoms with Crippen molar-refractivity contribution in [1.29, 1.82) is 0 Å². The first-order valence-electron chi connectivity index (χ1n) is 20.9. The normalized spacial score (nSPS) is 31.0. The van der Waals surface area contributed by atoms with Gasteiger partial charge in [0, 0.05) is 44.8 Å². The molecule has 4 aliphatic rings. The van der Waals surface area contributed by atoms with Crippen LogP contribution in [0.15, 0.2) is 102 Å². The molecule has 3 aromatic rings. The Morgan fingerprint density at radius 2 is 1.41 bits per heavy atom. The van der Waals surface area contributed by atoms with Crippen LogP contribution < -0.4 is 5.32 Å². The van der Waals surface area contributed by atoms with Gasteiger partial charge in [-0.2, -0.15) is 0 Å². The standard InChI is InChI=1S/C48H53NO14.CH4/c1-26-32(61-44(56)38(58-7)36(29-17-11-8-12-18-29)49-42(54)30-19-13-9-14-20-30)24-48(57)41(62-43(55)31-21-15-10-16-22-31)39-46(6,33(52)23-34-47(39,25-59-34)63-28(3)51)40(53)37(60-27(2)50)35(26)45(48,4)5;/h8-22,32-34,36-39,41,52,57H,23-25H2,1-7H3,(H,49,54);1H4/t32?,33?,34?,36?,37?,38?,39?,41?,46?,47-,48?;/m0./s1. The van der Waals surface area contributed by atoms with Gasteiger partial charge in [-0.25, -0.2) is 9.59 Å². The van der Waals surface area contributed by atoms with Crippen LogP contribution in [0.2, 0.25) is 0 Å². The van der Waals surface area contributed by atoms with E-state index in [1.54, 1.807) is 99.6 Å². The molecule has 1 amide bonds. The van der Waals surface area contributed by atoms with Crippen LogP contribution in [0, 0.1) is 16.7 Å². The molecular weight excluding hydrogens is 827 g/mol. The third-order valence-electron chi connectivity index (χ3n) is 13.7. The highest BCUT2D eigenvalue weighted by molar-refractivity contribution is 5.96. The number of amides is 1. The summed E-state index contributed by atoms with van der Waals surface area (Å²) in [5.74, 6) is -6.38. The molecule has 7 rings (SSSR count). The molecule has 3 aromatic carbocycles. The van der Waals surface area contributed by atoms with Crippen molar-refractivity contribution in [3.63, 3.8) is 0 Å². The van der Waals surface area contributed by atoms with Crippen molar-refractivity contribution in [3.8, 4) is 0 Å². The van der Waals surface area contributed by atoms with Crippen LogP contribution in [0.4, 0.5) is 0 Å². The Balaban J connectivity index is 0.00000680. The summed E-state index contributed by atoms with van der Waals surface area (Å²) in [7, 11) is 1.28. The van der Waals surface area contributed by atoms with Gasteiger partial charge in [-0.15, -0.1) is 0 Å². The lowest BCUT2D eigenvalue weighted by molar-refractivity contribution is -0.346. The van der Waals surface area contributed by atoms with Crippen LogP contribution in [0.25, 0.3) is 0 Å². The van der Waals surface area contributed by atoms with Gasteiger partial charge in [0.1, 0.15) is 23.9 Å². The molecule has 11 atom stereocenters. The Kier molecular flexibility index (Phi) is 13.4. The molecule has 10 unspecified atom stereocenters. The maximum atomic E-state index is 15.6. The lowest BCUT2D eigenvalue weighted by atomic mass is 9.44. The van der Waals surface area contributed by atoms with Gasteiger partial charge in [-0.3, -0.25) is 19.2 Å². The summed E-state index contributed by atoms with van der Waals surface area (Å²) < 4.78 is 36.4. The average molecular weight is 884 g/mol. The number of carbonyl (C=O) groups is 6. The minimum absolute atomic E-state index is 0. The number of ketones is 1. The van der Waals surface area contributed by atoms with E-state index in [4.69, 9.17) is 28.4 Å². The van der Waals surface area contributed by atoms with Gasteiger partial charge in [-0.05, 0) is 54.8 Å². The van der Waals surface area contributed by atoms with E-state index in [9.17, 15) is 34.2 Å². The number of Topliss-reactive ketones (excluding diaryl/α,β-unsaturated/α-hetero) is 1. The van der Waals surface area contributed by atoms with E-state index < -0.39 is 113 Å². The predicted octanol–water partition coefficient (Wildman–Crippen LogP) is 5.03. The fourth-order valence-corrected chi connectivity index (χ4v) is 10.4. The SMILES string of the molecule is C.COC(C(=O)OC1CC2(O)C(OC(=O)c3ccccc3)C3C(C)(C(=O)C(OC(C)=O)C(=C1C)C2(C)C)C(O)CC1OC[C@]13OC(C)=O)C(NC(=O)c1ccccc1)c1ccccc1. The van der Waals surface area contributed by atoms with E-state index in [0.29, 0.717) is 11.1 Å². The molecule has 0 radical (unpaired) electrons. The van der Waals surface area contributed by atoms with E-state index in [-0.39, 0.29) is 37.2 Å². The van der Waals surface area contributed by atoms with E-state index in [2.05, 4.69) is 5.32 Å². The summed E-state index contributed by atoms with van der Waals surface area (Å²) in [6.07, 6.45) is -9.71. The lowest BCUT2D eigenvalue weighted by Crippen LogP contribution is -2.82. The summed E-state index contributed by atoms with van der Waals surface area (Å²) in [4.78, 5) is 84.2. The number of ether oxygens (including phenoxy) is 6. The Morgan fingerprint density at radius 1 is 0.828 bits per heavy atom. The Hall–Kier alpha value is -5.74. The zero-order chi connectivity index (χ0) is 45.6. The van der Waals surface area contributed by atoms with Gasteiger partial charge >= 0.3 is 23.9 Å². The summed E-state index contributed by atoms with van der Waals surface area (Å²) in [5.41, 5.74) is -6.58. The zero-order valence-corrected chi connectivity index (χ0v) is 36.2. The van der Waals surface area contributed by atoms with E-state index in [1.807, 2.05) is 0 Å². The van der Waals surface area contributed by atoms with Crippen molar-refractivity contribution in [1.82, 2.24) is 5.32 Å². The number of esters is 4. The molecule has 3 aliphatic carbocycles. The second-order valence-electron chi connectivity index (χ2n) is 17.6. The van der Waals surface area contributed by atoms with Crippen molar-refractivity contribution < 1.29 is 67.4 Å². The largest absolute Gasteiger partial charge is 0.456 e. The van der Waals surface area contributed by atoms with Gasteiger partial charge in [-0.1, -0.05) is 88.0 Å². The average Bonchev–Trinajstić information content (AvgIpc) is 3.25. The molecule has 1 aliphatic heterocycles. The number of fused-ring (bicyclic) bond motifs is 5. The minimum atomic E-state index is -2.35. The van der Waals surface area contributed by atoms with Crippen molar-refractivity contribution in [3.05, 3.63) is 119 Å². The van der Waals surface area contributed by atoms with Crippen molar-refractivity contribution >= 4 is 35.6 Å². The number of rotatable bonds is 11. The first-order chi connectivity index (χ1) is 29.8. The molecular formula is C49H57NO14. The van der Waals surface area contributed by atoms with Gasteiger partial charge in [0.2, 0.25) is 0 Å². The highest BCUT2D eigenvalue weighted by Gasteiger charge is 2.78. The molecule has 15 heteroatoms. The highest BCUT2D eigenvalue weighted by atomic mass is 16.6. The minimum Gasteiger partial charge on any atom is -0.456 e. The van der Waals surface area contributed by atoms with Crippen LogP contribution in [-0.2, 0) is 47.6 Å². The van der Waals surface area contributed by atoms with Gasteiger partial charge in [0.25, 0.3) is 5.91 Å². The highest BCUT2D eigenvalue weighted by Crippen LogP contribution is 2.64. The molecule has 64 heavy (non-hydrogen) atoms. The first-order valence-corrected chi connectivity index (χ1v) is 20.9. The Labute approximate surface area is 372 Å². The third kappa shape index (κ3) is 7.92. The van der Waals surface area contributed by atoms with Crippen LogP contribution in [-0.4, -0.2) is 107 Å². The summed E-state index contributed by atoms with van der Waals surface area (Å²) in [5, 5.41) is 28.8. The molecule has 0 spiro atoms. The van der Waals surface area contributed by atoms with Crippen LogP contribution in [0.1, 0.15) is 94.1 Å². The second kappa shape index (κ2) is 18.0. The second-order valence-corrected chi connectivity index (χ2v) is 17.6. The fraction of sp³-hybridized carbons (Fsp3) is 0.469. The van der Waals surface area contributed by atoms with E-state index >= 15 is 4.79 Å². The van der Waals surface area contributed by atoms with Crippen molar-refractivity contribution in [2.24, 2.45) is 16.7 Å². The number of methoxy groups -OCH3 is 1. The Bertz CT molecular complexity index is 2300. The zero-order valence-electron chi connectivity index (χ0n) is 36.2. The molecule has 3 fully saturated rings. The molecule has 15 nitrogen and oxygen atoms in total. The van der Waals surface area contributed by atoms with Gasteiger partial charge < -0.3 is 44.0 Å². The lowest BCUT2D eigenvalue weighted by Gasteiger charge is -2.67. The number of aliphatic hydroxyl groups is 2. The predicted molar refractivity (Wildman–Crippen MR) is 229 cm³/mol. The number of hydrogen-bond donors (Lipinski definition) is 3. The number of carbonyl (C=O) groups excluding carboxylic acids is 6. The van der Waals surface area contributed by atoms with Crippen LogP contribution in [0.3, 0.4) is 0 Å². The van der Waals surface area contributed by atoms with E-state index in [1.165, 1.54) is 33.1 Å². The number of nitrogens with one attached hydrogen (secondary N) is 1. The molecule has 1 heterocycles. The van der Waals surface area contributed by atoms with Crippen LogP contribution in [0.5, 0.6) is 0 Å². The summed E-state index contributed by atoms with van der Waals surface area (Å²) in [6.45, 7) is 8.16. The number of benzene rings is 3. The molecule has 0 aromatic heterocycles. The molecule has 1 saturated heterocycles. The first kappa shape index (κ1) is 47.7. The molecule has 342 valence electrons. The number of aliphatic hydroxyl groups excluding tert-OH is 1. The Morgan fingerprint density at radius 3 is 1.94 bits per heavy atom. The van der Waals surface area contributed by atoms with Crippen molar-refractivity contribution in [2.45, 2.75) is 116 Å². The topological polar surface area (TPSA) is 210 Å². The smallest absolute Gasteiger partial charge is 0.338 e. The molecule has 2 bridgehead atoms. The van der Waals surface area contributed by atoms with Crippen molar-refractivity contribution in [2.75, 3.05) is 13.7 Å². The maximum Gasteiger partial charge on any atom is 0.338 e.